The first kappa shape index (κ1) is 24.2. The fraction of sp³-hybridized carbons (Fsp3) is 0.148. The van der Waals surface area contributed by atoms with Gasteiger partial charge in [-0.2, -0.15) is 0 Å². The summed E-state index contributed by atoms with van der Waals surface area (Å²) in [6, 6.07) is 16.6. The Bertz CT molecular complexity index is 1290. The number of anilines is 2. The van der Waals surface area contributed by atoms with Crippen LogP contribution in [0.25, 0.3) is 17.7 Å². The Morgan fingerprint density at radius 2 is 1.83 bits per heavy atom. The minimum atomic E-state index is -2.74. The van der Waals surface area contributed by atoms with Crippen LogP contribution >= 0.6 is 0 Å². The van der Waals surface area contributed by atoms with Crippen LogP contribution in [0.1, 0.15) is 28.1 Å². The van der Waals surface area contributed by atoms with Gasteiger partial charge in [-0.05, 0) is 72.2 Å². The Morgan fingerprint density at radius 3 is 2.43 bits per heavy atom. The van der Waals surface area contributed by atoms with E-state index in [4.69, 9.17) is 10.8 Å². The van der Waals surface area contributed by atoms with Crippen molar-refractivity contribution in [3.05, 3.63) is 101 Å². The smallest absolute Gasteiger partial charge is 0.399 e. The van der Waals surface area contributed by atoms with Crippen LogP contribution in [-0.4, -0.2) is 43.4 Å². The summed E-state index contributed by atoms with van der Waals surface area (Å²) < 4.78 is 30.0. The fourth-order valence-electron chi connectivity index (χ4n) is 4.14. The summed E-state index contributed by atoms with van der Waals surface area (Å²) in [5.74, 6) is 0. The van der Waals surface area contributed by atoms with Crippen LogP contribution in [0.3, 0.4) is 0 Å². The quantitative estimate of drug-likeness (QED) is 0.352. The molecule has 3 N–H and O–H groups in total. The molecule has 0 radical (unpaired) electrons. The first-order valence-corrected chi connectivity index (χ1v) is 11.3. The molecule has 1 aliphatic heterocycles. The number of allylic oxidation sites excluding steroid dienone is 2. The second kappa shape index (κ2) is 10.6. The molecule has 0 saturated carbocycles. The van der Waals surface area contributed by atoms with Crippen LogP contribution in [0.4, 0.5) is 20.0 Å². The third-order valence-electron chi connectivity index (χ3n) is 5.91. The molecule has 35 heavy (non-hydrogen) atoms. The predicted molar refractivity (Wildman–Crippen MR) is 143 cm³/mol. The molecule has 0 aliphatic carbocycles. The maximum atomic E-state index is 14.5. The zero-order valence-corrected chi connectivity index (χ0v) is 19.7. The molecule has 0 unspecified atom stereocenters. The molecule has 5 nitrogen and oxygen atoms in total. The maximum absolute atomic E-state index is 14.5. The van der Waals surface area contributed by atoms with E-state index >= 15 is 0 Å². The fourth-order valence-corrected chi connectivity index (χ4v) is 4.14. The van der Waals surface area contributed by atoms with Crippen molar-refractivity contribution < 1.29 is 13.7 Å². The Labute approximate surface area is 204 Å². The van der Waals surface area contributed by atoms with Crippen LogP contribution in [0.2, 0.25) is 0 Å². The largest absolute Gasteiger partial charge is 0.678 e. The van der Waals surface area contributed by atoms with Gasteiger partial charge in [0, 0.05) is 48.1 Å². The molecule has 3 aromatic rings. The molecule has 2 aromatic carbocycles. The van der Waals surface area contributed by atoms with Gasteiger partial charge in [0.2, 0.25) is 0 Å². The van der Waals surface area contributed by atoms with Crippen molar-refractivity contribution in [2.45, 2.75) is 6.92 Å². The van der Waals surface area contributed by atoms with Gasteiger partial charge >= 0.3 is 7.40 Å². The number of benzene rings is 2. The Kier molecular flexibility index (Phi) is 7.32. The van der Waals surface area contributed by atoms with E-state index in [9.17, 15) is 8.63 Å². The monoisotopic (exact) mass is 472 g/mol. The van der Waals surface area contributed by atoms with Crippen molar-refractivity contribution in [2.24, 2.45) is 4.99 Å². The van der Waals surface area contributed by atoms with E-state index in [1.165, 1.54) is 0 Å². The predicted octanol–water partition coefficient (Wildman–Crippen LogP) is 5.15. The van der Waals surface area contributed by atoms with Gasteiger partial charge in [-0.1, -0.05) is 30.3 Å². The second-order valence-corrected chi connectivity index (χ2v) is 8.34. The van der Waals surface area contributed by atoms with E-state index in [0.717, 1.165) is 26.9 Å². The van der Waals surface area contributed by atoms with Gasteiger partial charge in [0.25, 0.3) is 0 Å². The molecular weight excluding hydrogens is 445 g/mol. The maximum Gasteiger partial charge on any atom is 0.678 e. The van der Waals surface area contributed by atoms with E-state index in [1.54, 1.807) is 36.6 Å². The Morgan fingerprint density at radius 1 is 1.11 bits per heavy atom. The van der Waals surface area contributed by atoms with Crippen molar-refractivity contribution in [2.75, 3.05) is 30.8 Å². The summed E-state index contributed by atoms with van der Waals surface area (Å²) in [4.78, 5) is 6.35. The first-order valence-electron chi connectivity index (χ1n) is 11.3. The lowest BCUT2D eigenvalue weighted by Crippen LogP contribution is -2.20. The first-order chi connectivity index (χ1) is 16.9. The highest BCUT2D eigenvalue weighted by atomic mass is 19.2. The van der Waals surface area contributed by atoms with E-state index in [1.807, 2.05) is 67.4 Å². The summed E-state index contributed by atoms with van der Waals surface area (Å²) >= 11 is 0. The van der Waals surface area contributed by atoms with Crippen molar-refractivity contribution >= 4 is 42.7 Å². The SMILES string of the molecule is Cc1cc(/C=C/c2ccc(N(C)CCO)cc2)n(B(F)F)c1/C(=C1/C=CC=N1)c1ccc(N)cc1. The lowest BCUT2D eigenvalue weighted by molar-refractivity contribution is 0.304. The van der Waals surface area contributed by atoms with Crippen LogP contribution < -0.4 is 10.6 Å². The Hall–Kier alpha value is -3.91. The summed E-state index contributed by atoms with van der Waals surface area (Å²) in [5.41, 5.74) is 11.9. The van der Waals surface area contributed by atoms with Gasteiger partial charge in [-0.3, -0.25) is 13.6 Å². The highest BCUT2D eigenvalue weighted by Crippen LogP contribution is 2.35. The number of likely N-dealkylation sites (N-methyl/N-ethyl adjacent to an activating group) is 1. The number of halogens is 2. The summed E-state index contributed by atoms with van der Waals surface area (Å²) in [6.45, 7) is 2.43. The molecule has 4 rings (SSSR count). The van der Waals surface area contributed by atoms with Gasteiger partial charge in [-0.25, -0.2) is 0 Å². The van der Waals surface area contributed by atoms with E-state index in [0.29, 0.717) is 34.9 Å². The molecule has 0 amide bonds. The van der Waals surface area contributed by atoms with E-state index < -0.39 is 7.40 Å². The average molecular weight is 472 g/mol. The number of aliphatic imine (C=N–C) groups is 1. The Balaban J connectivity index is 1.76. The topological polar surface area (TPSA) is 66.8 Å². The molecule has 0 spiro atoms. The van der Waals surface area contributed by atoms with Gasteiger partial charge in [-0.15, -0.1) is 0 Å². The molecule has 2 heterocycles. The number of nitrogens with two attached hydrogens (primary N) is 1. The number of hydrogen-bond donors (Lipinski definition) is 2. The molecule has 0 saturated heterocycles. The van der Waals surface area contributed by atoms with Gasteiger partial charge in [0.15, 0.2) is 0 Å². The lowest BCUT2D eigenvalue weighted by Gasteiger charge is -2.17. The highest BCUT2D eigenvalue weighted by molar-refractivity contribution is 6.42. The number of aliphatic hydroxyl groups is 1. The van der Waals surface area contributed by atoms with Gasteiger partial charge in [0.1, 0.15) is 0 Å². The average Bonchev–Trinajstić information content (AvgIpc) is 3.48. The molecule has 0 bridgehead atoms. The number of aromatic nitrogens is 1. The van der Waals surface area contributed by atoms with Crippen LogP contribution in [0, 0.1) is 6.92 Å². The summed E-state index contributed by atoms with van der Waals surface area (Å²) in [6.07, 6.45) is 8.78. The number of nitrogen functional groups attached to an aromatic ring is 1. The van der Waals surface area contributed by atoms with Crippen LogP contribution in [0.15, 0.2) is 77.4 Å². The van der Waals surface area contributed by atoms with E-state index in [2.05, 4.69) is 4.99 Å². The third kappa shape index (κ3) is 5.28. The molecule has 0 fully saturated rings. The minimum Gasteiger partial charge on any atom is -0.399 e. The molecule has 1 aromatic heterocycles. The number of rotatable bonds is 8. The van der Waals surface area contributed by atoms with Crippen molar-refractivity contribution in [1.29, 1.82) is 0 Å². The normalized spacial score (nSPS) is 14.2. The van der Waals surface area contributed by atoms with Crippen molar-refractivity contribution in [3.63, 3.8) is 0 Å². The standard InChI is InChI=1S/C27H27BF2N4O/c1-19-18-24(14-7-20-5-12-23(13-6-20)33(2)16-17-35)34(28(29)30)27(19)26(25-4-3-15-32-25)21-8-10-22(31)11-9-21/h3-15,18,35H,16-17,31H2,1-2H3/b14-7+,26-25-. The zero-order valence-electron chi connectivity index (χ0n) is 19.7. The number of aryl methyl sites for hydroxylation is 1. The van der Waals surface area contributed by atoms with Crippen LogP contribution in [-0.2, 0) is 0 Å². The van der Waals surface area contributed by atoms with Gasteiger partial charge < -0.3 is 20.2 Å². The number of hydrogen-bond acceptors (Lipinski definition) is 4. The van der Waals surface area contributed by atoms with Gasteiger partial charge in [0.05, 0.1) is 12.3 Å². The number of nitrogens with zero attached hydrogens (tertiary/aromatic N) is 3. The molecule has 8 heteroatoms. The van der Waals surface area contributed by atoms with Crippen molar-refractivity contribution in [1.82, 2.24) is 4.48 Å². The summed E-state index contributed by atoms with van der Waals surface area (Å²) in [7, 11) is -0.843. The molecular formula is C27H27BF2N4O. The number of aliphatic hydroxyl groups excluding tert-OH is 1. The van der Waals surface area contributed by atoms with E-state index in [-0.39, 0.29) is 6.61 Å². The minimum absolute atomic E-state index is 0.0695. The molecule has 1 aliphatic rings. The zero-order chi connectivity index (χ0) is 24.9. The molecule has 0 atom stereocenters. The second-order valence-electron chi connectivity index (χ2n) is 8.34. The third-order valence-corrected chi connectivity index (χ3v) is 5.91. The molecule has 178 valence electrons. The van der Waals surface area contributed by atoms with Crippen LogP contribution in [0.5, 0.6) is 0 Å². The lowest BCUT2D eigenvalue weighted by atomic mass is 9.96. The van der Waals surface area contributed by atoms with Crippen molar-refractivity contribution in [3.8, 4) is 0 Å². The summed E-state index contributed by atoms with van der Waals surface area (Å²) in [5, 5.41) is 9.11. The highest BCUT2D eigenvalue weighted by Gasteiger charge is 2.28.